The van der Waals surface area contributed by atoms with Gasteiger partial charge in [-0.05, 0) is 31.7 Å². The molecular formula is C21H26N4O2S. The summed E-state index contributed by atoms with van der Waals surface area (Å²) in [6.07, 6.45) is 12.0. The first kappa shape index (κ1) is 18.1. The van der Waals surface area contributed by atoms with Gasteiger partial charge < -0.3 is 10.0 Å². The number of hydrogen-bond donors (Lipinski definition) is 1. The standard InChI is InChI=1S/C21H26N4O2S/c26-15-8-11-24(12-9-15)16-7-10-22-20-17(16)18-19(28-20)21(27)25(13-23-18)14-5-3-1-2-4-6-14/h7,10,13-15,26H,1-6,8-9,11-12H2. The summed E-state index contributed by atoms with van der Waals surface area (Å²) < 4.78 is 2.60. The van der Waals surface area contributed by atoms with Crippen LogP contribution in [0.4, 0.5) is 5.69 Å². The molecule has 0 radical (unpaired) electrons. The van der Waals surface area contributed by atoms with Gasteiger partial charge >= 0.3 is 0 Å². The zero-order valence-corrected chi connectivity index (χ0v) is 16.8. The van der Waals surface area contributed by atoms with E-state index in [9.17, 15) is 9.90 Å². The van der Waals surface area contributed by atoms with Crippen molar-refractivity contribution in [2.24, 2.45) is 0 Å². The molecule has 1 N–H and O–H groups in total. The van der Waals surface area contributed by atoms with Crippen LogP contribution in [0.25, 0.3) is 20.4 Å². The number of fused-ring (bicyclic) bond motifs is 3. The summed E-state index contributed by atoms with van der Waals surface area (Å²) >= 11 is 1.47. The fourth-order valence-electron chi connectivity index (χ4n) is 4.72. The minimum atomic E-state index is -0.210. The number of aliphatic hydroxyl groups excluding tert-OH is 1. The summed E-state index contributed by atoms with van der Waals surface area (Å²) in [6, 6.07) is 2.29. The minimum Gasteiger partial charge on any atom is -0.393 e. The lowest BCUT2D eigenvalue weighted by molar-refractivity contribution is 0.145. The molecule has 148 valence electrons. The third-order valence-corrected chi connectivity index (χ3v) is 7.38. The molecule has 2 aliphatic rings. The van der Waals surface area contributed by atoms with E-state index in [0.717, 1.165) is 64.9 Å². The van der Waals surface area contributed by atoms with E-state index in [-0.39, 0.29) is 17.7 Å². The highest BCUT2D eigenvalue weighted by Gasteiger charge is 2.23. The predicted molar refractivity (Wildman–Crippen MR) is 113 cm³/mol. The molecule has 28 heavy (non-hydrogen) atoms. The third kappa shape index (κ3) is 3.10. The summed E-state index contributed by atoms with van der Waals surface area (Å²) in [6.45, 7) is 1.63. The summed E-state index contributed by atoms with van der Waals surface area (Å²) in [4.78, 5) is 25.8. The Morgan fingerprint density at radius 3 is 2.54 bits per heavy atom. The Hall–Kier alpha value is -1.99. The van der Waals surface area contributed by atoms with Crippen molar-refractivity contribution in [2.75, 3.05) is 18.0 Å². The van der Waals surface area contributed by atoms with Crippen molar-refractivity contribution in [3.63, 3.8) is 0 Å². The number of aliphatic hydroxyl groups is 1. The average Bonchev–Trinajstić information content (AvgIpc) is 2.90. The van der Waals surface area contributed by atoms with Crippen molar-refractivity contribution >= 4 is 37.5 Å². The molecular weight excluding hydrogens is 372 g/mol. The van der Waals surface area contributed by atoms with Gasteiger partial charge in [-0.25, -0.2) is 9.97 Å². The van der Waals surface area contributed by atoms with Crippen LogP contribution in [-0.4, -0.2) is 38.8 Å². The molecule has 3 aromatic heterocycles. The molecule has 7 heteroatoms. The van der Waals surface area contributed by atoms with Gasteiger partial charge in [0.25, 0.3) is 5.56 Å². The SMILES string of the molecule is O=c1c2sc3nccc(N4CCC(O)CC4)c3c2ncn1C1CCCCCC1. The van der Waals surface area contributed by atoms with Gasteiger partial charge in [-0.15, -0.1) is 11.3 Å². The number of hydrogen-bond acceptors (Lipinski definition) is 6. The molecule has 2 fully saturated rings. The third-order valence-electron chi connectivity index (χ3n) is 6.31. The second kappa shape index (κ2) is 7.44. The maximum Gasteiger partial charge on any atom is 0.271 e. The topological polar surface area (TPSA) is 71.2 Å². The average molecular weight is 399 g/mol. The monoisotopic (exact) mass is 398 g/mol. The minimum absolute atomic E-state index is 0.0833. The molecule has 3 aromatic rings. The number of thiophene rings is 1. The van der Waals surface area contributed by atoms with Gasteiger partial charge in [0.05, 0.1) is 29.0 Å². The second-order valence-corrected chi connectivity index (χ2v) is 9.11. The smallest absolute Gasteiger partial charge is 0.271 e. The highest BCUT2D eigenvalue weighted by atomic mass is 32.1. The Morgan fingerprint density at radius 2 is 1.79 bits per heavy atom. The number of pyridine rings is 1. The molecule has 0 amide bonds. The first-order valence-corrected chi connectivity index (χ1v) is 11.3. The van der Waals surface area contributed by atoms with Gasteiger partial charge in [0.2, 0.25) is 0 Å². The zero-order chi connectivity index (χ0) is 19.1. The highest BCUT2D eigenvalue weighted by molar-refractivity contribution is 7.25. The summed E-state index contributed by atoms with van der Waals surface area (Å²) in [7, 11) is 0. The molecule has 1 saturated carbocycles. The van der Waals surface area contributed by atoms with Crippen LogP contribution in [0, 0.1) is 0 Å². The first-order chi connectivity index (χ1) is 13.7. The lowest BCUT2D eigenvalue weighted by atomic mass is 10.1. The molecule has 0 unspecified atom stereocenters. The Morgan fingerprint density at radius 1 is 1.04 bits per heavy atom. The number of anilines is 1. The van der Waals surface area contributed by atoms with Gasteiger partial charge in [0.15, 0.2) is 0 Å². The van der Waals surface area contributed by atoms with Gasteiger partial charge in [-0.2, -0.15) is 0 Å². The summed E-state index contributed by atoms with van der Waals surface area (Å²) in [5, 5.41) is 10.8. The fraction of sp³-hybridized carbons (Fsp3) is 0.571. The van der Waals surface area contributed by atoms with Crippen LogP contribution in [0.2, 0.25) is 0 Å². The fourth-order valence-corrected chi connectivity index (χ4v) is 5.77. The van der Waals surface area contributed by atoms with E-state index in [2.05, 4.69) is 9.88 Å². The summed E-state index contributed by atoms with van der Waals surface area (Å²) in [5.41, 5.74) is 1.95. The number of nitrogens with zero attached hydrogens (tertiary/aromatic N) is 4. The van der Waals surface area contributed by atoms with Crippen LogP contribution < -0.4 is 10.5 Å². The van der Waals surface area contributed by atoms with Crippen molar-refractivity contribution < 1.29 is 5.11 Å². The maximum absolute atomic E-state index is 13.3. The van der Waals surface area contributed by atoms with E-state index in [0.29, 0.717) is 0 Å². The van der Waals surface area contributed by atoms with E-state index in [1.165, 1.54) is 37.0 Å². The first-order valence-electron chi connectivity index (χ1n) is 10.4. The van der Waals surface area contributed by atoms with Crippen LogP contribution in [0.5, 0.6) is 0 Å². The van der Waals surface area contributed by atoms with E-state index in [1.807, 2.05) is 16.8 Å². The number of rotatable bonds is 2. The second-order valence-electron chi connectivity index (χ2n) is 8.11. The molecule has 1 aliphatic heterocycles. The molecule has 1 aliphatic carbocycles. The van der Waals surface area contributed by atoms with E-state index < -0.39 is 0 Å². The van der Waals surface area contributed by atoms with Crippen molar-refractivity contribution in [3.05, 3.63) is 28.9 Å². The van der Waals surface area contributed by atoms with E-state index in [4.69, 9.17) is 4.98 Å². The molecule has 0 spiro atoms. The zero-order valence-electron chi connectivity index (χ0n) is 16.0. The van der Waals surface area contributed by atoms with Crippen LogP contribution in [0.1, 0.15) is 57.4 Å². The van der Waals surface area contributed by atoms with Gasteiger partial charge in [-0.1, -0.05) is 25.7 Å². The Balaban J connectivity index is 1.61. The largest absolute Gasteiger partial charge is 0.393 e. The molecule has 4 heterocycles. The number of aromatic nitrogens is 3. The normalized spacial score (nSPS) is 20.1. The van der Waals surface area contributed by atoms with Crippen molar-refractivity contribution in [1.29, 1.82) is 0 Å². The quantitative estimate of drug-likeness (QED) is 0.664. The molecule has 6 nitrogen and oxygen atoms in total. The van der Waals surface area contributed by atoms with Crippen molar-refractivity contribution in [2.45, 2.75) is 63.5 Å². The van der Waals surface area contributed by atoms with E-state index >= 15 is 0 Å². The van der Waals surface area contributed by atoms with Crippen molar-refractivity contribution in [1.82, 2.24) is 14.5 Å². The van der Waals surface area contributed by atoms with Crippen LogP contribution in [-0.2, 0) is 0 Å². The van der Waals surface area contributed by atoms with Crippen LogP contribution >= 0.6 is 11.3 Å². The van der Waals surface area contributed by atoms with E-state index in [1.54, 1.807) is 6.33 Å². The molecule has 0 aromatic carbocycles. The molecule has 1 saturated heterocycles. The lowest BCUT2D eigenvalue weighted by Gasteiger charge is -2.31. The molecule has 0 atom stereocenters. The lowest BCUT2D eigenvalue weighted by Crippen LogP contribution is -2.35. The highest BCUT2D eigenvalue weighted by Crippen LogP contribution is 2.37. The molecule has 5 rings (SSSR count). The Labute approximate surface area is 167 Å². The predicted octanol–water partition coefficient (Wildman–Crippen LogP) is 3.86. The van der Waals surface area contributed by atoms with Crippen molar-refractivity contribution in [3.8, 4) is 0 Å². The molecule has 0 bridgehead atoms. The Bertz CT molecular complexity index is 1040. The maximum atomic E-state index is 13.3. The Kier molecular flexibility index (Phi) is 4.80. The van der Waals surface area contributed by atoms with Gasteiger partial charge in [-0.3, -0.25) is 9.36 Å². The summed E-state index contributed by atoms with van der Waals surface area (Å²) in [5.74, 6) is 0. The van der Waals surface area contributed by atoms with Gasteiger partial charge in [0.1, 0.15) is 9.53 Å². The van der Waals surface area contributed by atoms with Gasteiger partial charge in [0, 0.05) is 25.3 Å². The van der Waals surface area contributed by atoms with Crippen LogP contribution in [0.3, 0.4) is 0 Å². The van der Waals surface area contributed by atoms with Crippen LogP contribution in [0.15, 0.2) is 23.4 Å². The number of piperidine rings is 1.